The molecule has 1 unspecified atom stereocenters. The molecule has 3 aromatic rings. The average molecular weight is 371 g/mol. The van der Waals surface area contributed by atoms with Crippen LogP contribution >= 0.6 is 11.6 Å². The van der Waals surface area contributed by atoms with Crippen LogP contribution in [0.15, 0.2) is 60.9 Å². The molecule has 7 heteroatoms. The van der Waals surface area contributed by atoms with Crippen LogP contribution in [-0.4, -0.2) is 15.9 Å². The lowest BCUT2D eigenvalue weighted by atomic mass is 10.1. The summed E-state index contributed by atoms with van der Waals surface area (Å²) in [5.41, 5.74) is 1.63. The van der Waals surface area contributed by atoms with Crippen LogP contribution < -0.4 is 10.6 Å². The van der Waals surface area contributed by atoms with Crippen molar-refractivity contribution in [3.8, 4) is 0 Å². The number of carbonyl (C=O) groups excluding carboxylic acids is 1. The van der Waals surface area contributed by atoms with Gasteiger partial charge >= 0.3 is 0 Å². The first kappa shape index (κ1) is 17.8. The van der Waals surface area contributed by atoms with Gasteiger partial charge in [0.15, 0.2) is 0 Å². The molecule has 0 bridgehead atoms. The Morgan fingerprint density at radius 1 is 1.12 bits per heavy atom. The van der Waals surface area contributed by atoms with Gasteiger partial charge in [0.05, 0.1) is 17.4 Å². The minimum atomic E-state index is -0.549. The number of nitrogens with zero attached hydrogens (tertiary/aromatic N) is 2. The van der Waals surface area contributed by atoms with Gasteiger partial charge in [0.2, 0.25) is 0 Å². The number of rotatable bonds is 5. The number of carbonyl (C=O) groups is 1. The van der Waals surface area contributed by atoms with Crippen LogP contribution in [0.5, 0.6) is 0 Å². The maximum absolute atomic E-state index is 13.2. The predicted octanol–water partition coefficient (Wildman–Crippen LogP) is 4.69. The van der Waals surface area contributed by atoms with E-state index >= 15 is 0 Å². The Labute approximate surface area is 155 Å². The molecular weight excluding hydrogens is 355 g/mol. The van der Waals surface area contributed by atoms with Gasteiger partial charge in [-0.3, -0.25) is 4.79 Å². The van der Waals surface area contributed by atoms with Crippen molar-refractivity contribution in [1.82, 2.24) is 9.97 Å². The van der Waals surface area contributed by atoms with Crippen molar-refractivity contribution in [2.24, 2.45) is 0 Å². The number of aromatic nitrogens is 2. The fraction of sp³-hybridized carbons (Fsp3) is 0.105. The van der Waals surface area contributed by atoms with Gasteiger partial charge in [-0.2, -0.15) is 0 Å². The second-order valence-corrected chi connectivity index (χ2v) is 6.05. The molecule has 2 N–H and O–H groups in total. The van der Waals surface area contributed by atoms with E-state index in [1.165, 1.54) is 30.6 Å². The molecule has 1 atom stereocenters. The first-order chi connectivity index (χ1) is 12.5. The van der Waals surface area contributed by atoms with Crippen molar-refractivity contribution >= 4 is 29.0 Å². The minimum absolute atomic E-state index is 0.0477. The topological polar surface area (TPSA) is 66.9 Å². The molecule has 2 aromatic carbocycles. The fourth-order valence-electron chi connectivity index (χ4n) is 2.34. The number of amides is 1. The second-order valence-electron chi connectivity index (χ2n) is 5.65. The third kappa shape index (κ3) is 4.34. The van der Waals surface area contributed by atoms with Crippen molar-refractivity contribution in [3.05, 3.63) is 83.0 Å². The van der Waals surface area contributed by atoms with Gasteiger partial charge in [-0.1, -0.05) is 41.9 Å². The molecule has 1 aromatic heterocycles. The maximum Gasteiger partial charge on any atom is 0.275 e. The lowest BCUT2D eigenvalue weighted by molar-refractivity contribution is 0.102. The number of hydrogen-bond acceptors (Lipinski definition) is 4. The third-order valence-corrected chi connectivity index (χ3v) is 4.02. The Balaban J connectivity index is 1.65. The summed E-state index contributed by atoms with van der Waals surface area (Å²) in [6, 6.07) is 13.9. The fourth-order valence-corrected chi connectivity index (χ4v) is 2.52. The number of nitrogens with one attached hydrogen (secondary N) is 2. The summed E-state index contributed by atoms with van der Waals surface area (Å²) >= 11 is 5.70. The van der Waals surface area contributed by atoms with Crippen molar-refractivity contribution < 1.29 is 9.18 Å². The summed E-state index contributed by atoms with van der Waals surface area (Å²) in [5.74, 6) is -0.446. The van der Waals surface area contributed by atoms with Crippen LogP contribution in [0.3, 0.4) is 0 Å². The highest BCUT2D eigenvalue weighted by Crippen LogP contribution is 2.20. The van der Waals surface area contributed by atoms with Crippen LogP contribution in [0.25, 0.3) is 0 Å². The SMILES string of the molecule is CC(Nc1cnc(C(=O)Nc2ccc(F)c(Cl)c2)cn1)c1ccccc1. The Hall–Kier alpha value is -2.99. The van der Waals surface area contributed by atoms with Crippen molar-refractivity contribution in [1.29, 1.82) is 0 Å². The van der Waals surface area contributed by atoms with E-state index < -0.39 is 11.7 Å². The highest BCUT2D eigenvalue weighted by atomic mass is 35.5. The van der Waals surface area contributed by atoms with Gasteiger partial charge in [-0.15, -0.1) is 0 Å². The number of benzene rings is 2. The molecule has 0 spiro atoms. The van der Waals surface area contributed by atoms with E-state index in [4.69, 9.17) is 11.6 Å². The number of anilines is 2. The van der Waals surface area contributed by atoms with E-state index in [-0.39, 0.29) is 16.8 Å². The molecule has 0 radical (unpaired) electrons. The largest absolute Gasteiger partial charge is 0.362 e. The van der Waals surface area contributed by atoms with E-state index in [0.717, 1.165) is 5.56 Å². The molecular formula is C19H16ClFN4O. The molecule has 0 saturated heterocycles. The molecule has 1 amide bonds. The second kappa shape index (κ2) is 7.93. The Morgan fingerprint density at radius 3 is 2.54 bits per heavy atom. The lowest BCUT2D eigenvalue weighted by Gasteiger charge is -2.14. The normalized spacial score (nSPS) is 11.7. The van der Waals surface area contributed by atoms with Crippen molar-refractivity contribution in [2.75, 3.05) is 10.6 Å². The van der Waals surface area contributed by atoms with Gasteiger partial charge in [-0.05, 0) is 30.7 Å². The van der Waals surface area contributed by atoms with Crippen LogP contribution in [0.2, 0.25) is 5.02 Å². The van der Waals surface area contributed by atoms with Gasteiger partial charge in [0, 0.05) is 11.7 Å². The number of halogens is 2. The van der Waals surface area contributed by atoms with Gasteiger partial charge < -0.3 is 10.6 Å². The molecule has 3 rings (SSSR count). The summed E-state index contributed by atoms with van der Waals surface area (Å²) < 4.78 is 13.2. The molecule has 0 aliphatic heterocycles. The lowest BCUT2D eigenvalue weighted by Crippen LogP contribution is -2.15. The highest BCUT2D eigenvalue weighted by molar-refractivity contribution is 6.31. The molecule has 0 aliphatic carbocycles. The molecule has 0 saturated carbocycles. The molecule has 1 heterocycles. The maximum atomic E-state index is 13.2. The van der Waals surface area contributed by atoms with Crippen molar-refractivity contribution in [2.45, 2.75) is 13.0 Å². The Bertz CT molecular complexity index is 903. The van der Waals surface area contributed by atoms with Crippen LogP contribution in [-0.2, 0) is 0 Å². The summed E-state index contributed by atoms with van der Waals surface area (Å²) in [5, 5.41) is 5.76. The van der Waals surface area contributed by atoms with Gasteiger partial charge in [0.25, 0.3) is 5.91 Å². The summed E-state index contributed by atoms with van der Waals surface area (Å²) in [6.45, 7) is 2.01. The first-order valence-electron chi connectivity index (χ1n) is 7.93. The van der Waals surface area contributed by atoms with Gasteiger partial charge in [0.1, 0.15) is 17.3 Å². The van der Waals surface area contributed by atoms with E-state index in [9.17, 15) is 9.18 Å². The molecule has 0 aliphatic rings. The van der Waals surface area contributed by atoms with E-state index in [0.29, 0.717) is 11.5 Å². The zero-order valence-electron chi connectivity index (χ0n) is 13.9. The standard InChI is InChI=1S/C19H16ClFN4O/c1-12(13-5-3-2-4-6-13)24-18-11-22-17(10-23-18)19(26)25-14-7-8-16(21)15(20)9-14/h2-12H,1H3,(H,23,24)(H,25,26). The molecule has 26 heavy (non-hydrogen) atoms. The minimum Gasteiger partial charge on any atom is -0.362 e. The summed E-state index contributed by atoms with van der Waals surface area (Å²) in [6.07, 6.45) is 2.87. The smallest absolute Gasteiger partial charge is 0.275 e. The monoisotopic (exact) mass is 370 g/mol. The zero-order chi connectivity index (χ0) is 18.5. The Morgan fingerprint density at radius 2 is 1.88 bits per heavy atom. The molecule has 5 nitrogen and oxygen atoms in total. The highest BCUT2D eigenvalue weighted by Gasteiger charge is 2.11. The van der Waals surface area contributed by atoms with E-state index in [1.54, 1.807) is 0 Å². The predicted molar refractivity (Wildman–Crippen MR) is 99.9 cm³/mol. The van der Waals surface area contributed by atoms with E-state index in [1.807, 2.05) is 37.3 Å². The number of hydrogen-bond donors (Lipinski definition) is 2. The van der Waals surface area contributed by atoms with Gasteiger partial charge in [-0.25, -0.2) is 14.4 Å². The van der Waals surface area contributed by atoms with E-state index in [2.05, 4.69) is 20.6 Å². The third-order valence-electron chi connectivity index (χ3n) is 3.73. The van der Waals surface area contributed by atoms with Crippen LogP contribution in [0.1, 0.15) is 29.0 Å². The summed E-state index contributed by atoms with van der Waals surface area (Å²) in [7, 11) is 0. The summed E-state index contributed by atoms with van der Waals surface area (Å²) in [4.78, 5) is 20.5. The quantitative estimate of drug-likeness (QED) is 0.683. The Kier molecular flexibility index (Phi) is 5.43. The van der Waals surface area contributed by atoms with Crippen molar-refractivity contribution in [3.63, 3.8) is 0 Å². The molecule has 0 fully saturated rings. The van der Waals surface area contributed by atoms with Crippen LogP contribution in [0, 0.1) is 5.82 Å². The molecule has 132 valence electrons. The first-order valence-corrected chi connectivity index (χ1v) is 8.30. The van der Waals surface area contributed by atoms with Crippen LogP contribution in [0.4, 0.5) is 15.9 Å². The zero-order valence-corrected chi connectivity index (χ0v) is 14.7. The average Bonchev–Trinajstić information content (AvgIpc) is 2.66.